The molecule has 4 heterocycles. The number of aryl methyl sites for hydroxylation is 2. The van der Waals surface area contributed by atoms with E-state index >= 15 is 0 Å². The maximum absolute atomic E-state index is 13.6. The summed E-state index contributed by atoms with van der Waals surface area (Å²) in [6.07, 6.45) is 13.8. The quantitative estimate of drug-likeness (QED) is 0.0206. The molecule has 23 heteroatoms. The van der Waals surface area contributed by atoms with Crippen LogP contribution < -0.4 is 43.0 Å². The minimum atomic E-state index is -0.940. The summed E-state index contributed by atoms with van der Waals surface area (Å²) in [5.74, 6) is -0.904. The van der Waals surface area contributed by atoms with E-state index in [9.17, 15) is 24.0 Å². The van der Waals surface area contributed by atoms with Gasteiger partial charge in [-0.15, -0.1) is 0 Å². The summed E-state index contributed by atoms with van der Waals surface area (Å²) in [6, 6.07) is 8.04. The molecule has 0 saturated carbocycles. The Morgan fingerprint density at radius 2 is 1.53 bits per heavy atom. The van der Waals surface area contributed by atoms with Crippen molar-refractivity contribution in [3.8, 4) is 11.5 Å². The first-order valence-corrected chi connectivity index (χ1v) is 22.1. The first-order chi connectivity index (χ1) is 33.7. The number of carbonyl (C=O) groups excluding carboxylic acids is 4. The van der Waals surface area contributed by atoms with Crippen LogP contribution in [0.3, 0.4) is 0 Å². The van der Waals surface area contributed by atoms with Gasteiger partial charge in [0.1, 0.15) is 46.8 Å². The number of anilines is 3. The van der Waals surface area contributed by atoms with Crippen LogP contribution in [0.25, 0.3) is 22.1 Å². The van der Waals surface area contributed by atoms with Gasteiger partial charge in [-0.3, -0.25) is 43.6 Å². The molecule has 0 radical (unpaired) electrons. The number of aldehydes is 2. The highest BCUT2D eigenvalue weighted by atomic mass is 16.5. The maximum atomic E-state index is 13.6. The predicted molar refractivity (Wildman–Crippen MR) is 268 cm³/mol. The fourth-order valence-electron chi connectivity index (χ4n) is 6.83. The largest absolute Gasteiger partial charge is 0.491 e. The summed E-state index contributed by atoms with van der Waals surface area (Å²) < 4.78 is 19.1. The van der Waals surface area contributed by atoms with Crippen LogP contribution in [0.2, 0.25) is 0 Å². The molecule has 0 unspecified atom stereocenters. The highest BCUT2D eigenvalue weighted by molar-refractivity contribution is 6.47. The summed E-state index contributed by atoms with van der Waals surface area (Å²) in [6.45, 7) is 9.47. The lowest BCUT2D eigenvalue weighted by Gasteiger charge is -2.13. The lowest BCUT2D eigenvalue weighted by Crippen LogP contribution is -2.24. The fourth-order valence-corrected chi connectivity index (χ4v) is 6.83. The summed E-state index contributed by atoms with van der Waals surface area (Å²) in [7, 11) is 3.21. The highest BCUT2D eigenvalue weighted by Crippen LogP contribution is 2.33. The number of aliphatic carboxylic acids is 1. The number of amides is 2. The molecule has 2 amide bonds. The molecule has 372 valence electrons. The van der Waals surface area contributed by atoms with Crippen LogP contribution in [-0.4, -0.2) is 114 Å². The van der Waals surface area contributed by atoms with Crippen LogP contribution in [0, 0.1) is 6.92 Å². The predicted octanol–water partition coefficient (Wildman–Crippen LogP) is 4.11. The number of primary amides is 1. The van der Waals surface area contributed by atoms with Gasteiger partial charge in [0.15, 0.2) is 6.29 Å². The molecule has 0 saturated heterocycles. The Hall–Kier alpha value is -8.60. The summed E-state index contributed by atoms with van der Waals surface area (Å²) in [4.78, 5) is 72.7. The number of allylic oxidation sites excluding steroid dienone is 4. The van der Waals surface area contributed by atoms with E-state index in [2.05, 4.69) is 41.5 Å². The molecule has 0 aliphatic heterocycles. The molecule has 6 aromatic rings. The second-order valence-electron chi connectivity index (χ2n) is 15.0. The topological polar surface area (TPSA) is 336 Å². The number of nitrogens with one attached hydrogen (secondary N) is 2. The van der Waals surface area contributed by atoms with Crippen LogP contribution >= 0.6 is 0 Å². The van der Waals surface area contributed by atoms with Crippen molar-refractivity contribution in [3.05, 3.63) is 101 Å². The Balaban J connectivity index is 0.000000781. The van der Waals surface area contributed by atoms with E-state index in [1.165, 1.54) is 25.3 Å². The number of hydrogen-bond acceptors (Lipinski definition) is 16. The third-order valence-corrected chi connectivity index (χ3v) is 9.77. The van der Waals surface area contributed by atoms with Gasteiger partial charge in [0.2, 0.25) is 17.8 Å². The molecule has 0 aliphatic carbocycles. The third kappa shape index (κ3) is 14.7. The van der Waals surface area contributed by atoms with E-state index in [0.717, 1.165) is 18.5 Å². The number of hydrogen-bond donors (Lipinski definition) is 7. The average molecular weight is 964 g/mol. The van der Waals surface area contributed by atoms with Gasteiger partial charge in [-0.25, -0.2) is 9.97 Å². The van der Waals surface area contributed by atoms with Crippen molar-refractivity contribution in [2.24, 2.45) is 22.2 Å². The second kappa shape index (κ2) is 26.7. The molecule has 23 nitrogen and oxygen atoms in total. The minimum absolute atomic E-state index is 0.0724. The van der Waals surface area contributed by atoms with Crippen molar-refractivity contribution in [2.45, 2.75) is 66.7 Å². The van der Waals surface area contributed by atoms with Crippen LogP contribution in [-0.2, 0) is 35.8 Å². The van der Waals surface area contributed by atoms with Gasteiger partial charge in [-0.05, 0) is 83.6 Å². The number of nitrogen functional groups attached to an aromatic ring is 1. The average Bonchev–Trinajstić information content (AvgIpc) is 4.12. The summed E-state index contributed by atoms with van der Waals surface area (Å²) in [5, 5.41) is 23.2. The van der Waals surface area contributed by atoms with Gasteiger partial charge < -0.3 is 52.0 Å². The monoisotopic (exact) mass is 963 g/mol. The number of carboxylic acids is 1. The summed E-state index contributed by atoms with van der Waals surface area (Å²) in [5.41, 5.74) is 26.8. The van der Waals surface area contributed by atoms with Crippen molar-refractivity contribution in [1.82, 2.24) is 38.7 Å². The van der Waals surface area contributed by atoms with Gasteiger partial charge in [-0.1, -0.05) is 18.2 Å². The first kappa shape index (κ1) is 54.0. The number of fused-ring (bicyclic) bond motifs is 2. The van der Waals surface area contributed by atoms with Gasteiger partial charge in [-0.2, -0.15) is 10.2 Å². The molecule has 6 rings (SSSR count). The van der Waals surface area contributed by atoms with Crippen LogP contribution in [0.15, 0.2) is 83.8 Å². The molecule has 11 N–H and O–H groups in total. The van der Waals surface area contributed by atoms with Crippen molar-refractivity contribution in [2.75, 3.05) is 50.2 Å². The number of carboxylic acid groups (broad SMARTS) is 1. The molecular formula is C47H61N15O8. The van der Waals surface area contributed by atoms with Crippen molar-refractivity contribution >= 4 is 75.7 Å². The fraction of sp³-hybridized carbons (Fsp3) is 0.319. The molecular weight excluding hydrogens is 903 g/mol. The van der Waals surface area contributed by atoms with Gasteiger partial charge >= 0.3 is 5.97 Å². The van der Waals surface area contributed by atoms with E-state index in [-0.39, 0.29) is 62.1 Å². The van der Waals surface area contributed by atoms with Crippen LogP contribution in [0.4, 0.5) is 17.6 Å². The Bertz CT molecular complexity index is 2900. The number of ether oxygens (including phenoxy) is 2. The maximum Gasteiger partial charge on any atom is 0.303 e. The zero-order valence-electron chi connectivity index (χ0n) is 40.1. The number of rotatable bonds is 23. The molecule has 0 spiro atoms. The van der Waals surface area contributed by atoms with E-state index in [1.807, 2.05) is 36.6 Å². The Morgan fingerprint density at radius 3 is 2.10 bits per heavy atom. The Kier molecular flexibility index (Phi) is 20.6. The summed E-state index contributed by atoms with van der Waals surface area (Å²) >= 11 is 0. The van der Waals surface area contributed by atoms with Crippen LogP contribution in [0.5, 0.6) is 11.5 Å². The molecule has 4 aromatic heterocycles. The number of imidazole rings is 2. The number of nitrogens with two attached hydrogens (primary N) is 4. The molecule has 70 heavy (non-hydrogen) atoms. The normalized spacial score (nSPS) is 11.6. The second-order valence-corrected chi connectivity index (χ2v) is 15.0. The Morgan fingerprint density at radius 1 is 0.871 bits per heavy atom. The number of nitrogens with zero attached hydrogens (tertiary/aromatic N) is 9. The van der Waals surface area contributed by atoms with Gasteiger partial charge in [0.25, 0.3) is 5.91 Å². The van der Waals surface area contributed by atoms with Gasteiger partial charge in [0.05, 0.1) is 41.8 Å². The lowest BCUT2D eigenvalue weighted by molar-refractivity contribution is -0.137. The van der Waals surface area contributed by atoms with E-state index in [1.54, 1.807) is 71.5 Å². The number of benzene rings is 2. The lowest BCUT2D eigenvalue weighted by atomic mass is 10.1. The Labute approximate surface area is 403 Å². The SMILES string of the molecule is CCN=C(/C=C(/C)N)C(=O)Nc1nc2cc(C(N)=O)cc(OC/C=C/Cn3cc(N)cn3)c2n1C/C=C/Cn1c(NC)nc2cc(C=O)cc(OCCCC(=O)O)c21.CCn1nc(C)cc1C=O.CN. The zero-order chi connectivity index (χ0) is 51.3. The molecule has 0 atom stereocenters. The van der Waals surface area contributed by atoms with Crippen molar-refractivity contribution < 1.29 is 38.6 Å². The molecule has 0 fully saturated rings. The van der Waals surface area contributed by atoms with Crippen LogP contribution in [0.1, 0.15) is 70.5 Å². The number of aromatic nitrogens is 8. The van der Waals surface area contributed by atoms with Gasteiger partial charge in [0, 0.05) is 62.7 Å². The minimum Gasteiger partial charge on any atom is -0.491 e. The standard InChI is InChI=1S/C39H46N12O7.C7H10N2O.CH5N/c1-4-44-30(16-24(2)40)37(56)48-39-47-29-19-26(36(42)55)20-32(57-14-8-7-11-49-22-27(41)21-45-49)35(29)51(39)13-6-5-12-50-34-28(46-38(50)43-3)17-25(23-52)18-31(34)58-15-9-10-33(53)54;1-3-9-7(5-10)4-6(2)8-9;1-2/h5-8,16-23H,4,9-15,40-41H2,1-3H3,(H2,42,55)(H,43,46)(H,53,54)(H,47,48,56);4-5H,3H2,1-2H3;2H2,1H3/b6-5+,8-7+,24-16-,44-30?;;. The number of aliphatic imine (C=N–C) groups is 1. The number of carbonyl (C=O) groups is 5. The molecule has 0 aliphatic rings. The first-order valence-electron chi connectivity index (χ1n) is 22.1. The zero-order valence-corrected chi connectivity index (χ0v) is 40.1. The van der Waals surface area contributed by atoms with Crippen molar-refractivity contribution in [1.29, 1.82) is 0 Å². The molecule has 2 aromatic carbocycles. The third-order valence-electron chi connectivity index (χ3n) is 9.77. The van der Waals surface area contributed by atoms with E-state index in [4.69, 9.17) is 31.8 Å². The van der Waals surface area contributed by atoms with E-state index in [0.29, 0.717) is 75.8 Å². The molecule has 0 bridgehead atoms. The smallest absolute Gasteiger partial charge is 0.303 e. The van der Waals surface area contributed by atoms with Crippen molar-refractivity contribution in [3.63, 3.8) is 0 Å². The highest BCUT2D eigenvalue weighted by Gasteiger charge is 2.21. The van der Waals surface area contributed by atoms with E-state index < -0.39 is 17.8 Å².